The average Bonchev–Trinajstić information content (AvgIpc) is 4.13. The van der Waals surface area contributed by atoms with Crippen LogP contribution in [0.25, 0.3) is 0 Å². The number of carbonyl (C=O) groups is 3. The number of ether oxygens (including phenoxy) is 15. The highest BCUT2D eigenvalue weighted by molar-refractivity contribution is 5.70. The van der Waals surface area contributed by atoms with Crippen molar-refractivity contribution in [2.75, 3.05) is 132 Å². The fourth-order valence-corrected chi connectivity index (χ4v) is 7.55. The number of hydrogen-bond acceptors (Lipinski definition) is 21. The van der Waals surface area contributed by atoms with Crippen molar-refractivity contribution in [1.82, 2.24) is 13.7 Å². The van der Waals surface area contributed by atoms with Crippen LogP contribution >= 0.6 is 0 Å². The maximum atomic E-state index is 14.1. The van der Waals surface area contributed by atoms with E-state index in [9.17, 15) is 28.8 Å². The van der Waals surface area contributed by atoms with Crippen molar-refractivity contribution < 1.29 is 85.4 Å². The van der Waals surface area contributed by atoms with Gasteiger partial charge in [-0.25, -0.2) is 28.1 Å². The number of esters is 3. The van der Waals surface area contributed by atoms with Crippen molar-refractivity contribution in [3.63, 3.8) is 0 Å². The van der Waals surface area contributed by atoms with Crippen molar-refractivity contribution in [3.05, 3.63) is 31.5 Å². The third-order valence-electron chi connectivity index (χ3n) is 13.7. The molecule has 7 unspecified atom stereocenters. The molecule has 0 radical (unpaired) electrons. The minimum absolute atomic E-state index is 0.0199. The van der Waals surface area contributed by atoms with Crippen LogP contribution in [-0.2, 0) is 105 Å². The Bertz CT molecular complexity index is 1930. The molecule has 0 aromatic carbocycles. The monoisotopic (exact) mass is 1030 g/mol. The van der Waals surface area contributed by atoms with E-state index in [1.54, 1.807) is 0 Å². The van der Waals surface area contributed by atoms with Crippen LogP contribution in [0, 0.1) is 16.2 Å². The summed E-state index contributed by atoms with van der Waals surface area (Å²) >= 11 is 0. The van der Waals surface area contributed by atoms with Crippen LogP contribution in [-0.4, -0.2) is 201 Å². The van der Waals surface area contributed by atoms with Crippen molar-refractivity contribution in [3.8, 4) is 0 Å². The first-order valence-electron chi connectivity index (χ1n) is 25.5. The van der Waals surface area contributed by atoms with Crippen LogP contribution in [0.15, 0.2) is 14.4 Å². The number of aromatic nitrogens is 3. The molecule has 0 saturated carbocycles. The van der Waals surface area contributed by atoms with Gasteiger partial charge >= 0.3 is 35.0 Å². The highest BCUT2D eigenvalue weighted by Crippen LogP contribution is 2.29. The zero-order chi connectivity index (χ0) is 51.0. The summed E-state index contributed by atoms with van der Waals surface area (Å²) in [5, 5.41) is 0. The van der Waals surface area contributed by atoms with Gasteiger partial charge in [-0.1, -0.05) is 20.8 Å². The predicted molar refractivity (Wildman–Crippen MR) is 247 cm³/mol. The molecule has 1 aromatic heterocycles. The molecule has 0 bridgehead atoms. The van der Waals surface area contributed by atoms with E-state index >= 15 is 0 Å². The second-order valence-corrected chi connectivity index (χ2v) is 19.8. The summed E-state index contributed by atoms with van der Waals surface area (Å²) in [6.07, 6.45) is 0.789. The van der Waals surface area contributed by atoms with Crippen LogP contribution in [0.5, 0.6) is 0 Å². The molecule has 6 fully saturated rings. The lowest BCUT2D eigenvalue weighted by atomic mass is 9.88. The summed E-state index contributed by atoms with van der Waals surface area (Å²) < 4.78 is 86.7. The van der Waals surface area contributed by atoms with E-state index in [4.69, 9.17) is 71.1 Å². The Hall–Kier alpha value is -3.66. The van der Waals surface area contributed by atoms with Gasteiger partial charge in [-0.3, -0.25) is 14.4 Å². The van der Waals surface area contributed by atoms with E-state index in [0.717, 1.165) is 20.1 Å². The van der Waals surface area contributed by atoms with Crippen molar-refractivity contribution in [1.29, 1.82) is 0 Å². The van der Waals surface area contributed by atoms with Crippen molar-refractivity contribution >= 4 is 17.9 Å². The van der Waals surface area contributed by atoms with Gasteiger partial charge in [0.1, 0.15) is 50.3 Å². The molecule has 6 aliphatic rings. The molecule has 0 aliphatic carbocycles. The lowest BCUT2D eigenvalue weighted by Gasteiger charge is -2.35. The third kappa shape index (κ3) is 18.3. The second kappa shape index (κ2) is 27.2. The molecule has 24 nitrogen and oxygen atoms in total. The molecule has 7 heterocycles. The highest BCUT2D eigenvalue weighted by atomic mass is 16.7. The highest BCUT2D eigenvalue weighted by Gasteiger charge is 2.38. The number of hydrogen-bond donors (Lipinski definition) is 0. The first-order chi connectivity index (χ1) is 34.9. The zero-order valence-corrected chi connectivity index (χ0v) is 42.1. The smallest absolute Gasteiger partial charge is 0.336 e. The largest absolute Gasteiger partial charge is 0.465 e. The van der Waals surface area contributed by atoms with Gasteiger partial charge in [-0.2, -0.15) is 0 Å². The molecule has 1 aromatic rings. The van der Waals surface area contributed by atoms with Crippen molar-refractivity contribution in [2.45, 2.75) is 122 Å². The molecule has 0 amide bonds. The van der Waals surface area contributed by atoms with Gasteiger partial charge in [0.25, 0.3) is 0 Å². The number of rotatable bonds is 41. The Kier molecular flexibility index (Phi) is 21.2. The summed E-state index contributed by atoms with van der Waals surface area (Å²) in [5.41, 5.74) is -5.33. The van der Waals surface area contributed by atoms with Crippen LogP contribution in [0.1, 0.15) is 65.7 Å². The SMILES string of the molecule is CCC(COCC1CO1)(COCC1CO1)COC(=O)CCn1c(=O)n(CCC(=O)OCC(CC)(COCC2CO2)COCC2CO2)c(=O)n(CCC(=O)OCC(CC)(COCC2CO2)COC2CCO2)c1=O. The van der Waals surface area contributed by atoms with Gasteiger partial charge in [-0.05, 0) is 19.3 Å². The third-order valence-corrected chi connectivity index (χ3v) is 13.7. The normalized spacial score (nSPS) is 25.0. The number of nitrogens with zero attached hydrogens (tertiary/aromatic N) is 3. The minimum atomic E-state index is -1.06. The maximum Gasteiger partial charge on any atom is 0.336 e. The molecule has 0 N–H and O–H groups in total. The fraction of sp³-hybridized carbons (Fsp3) is 0.875. The first-order valence-corrected chi connectivity index (χ1v) is 25.5. The molecular formula is C48H75N3O21. The minimum Gasteiger partial charge on any atom is -0.465 e. The Balaban J connectivity index is 1.01. The Morgan fingerprint density at radius 3 is 0.931 bits per heavy atom. The van der Waals surface area contributed by atoms with E-state index in [1.165, 1.54) is 0 Å². The van der Waals surface area contributed by atoms with Gasteiger partial charge in [0.2, 0.25) is 0 Å². The Morgan fingerprint density at radius 2 is 0.708 bits per heavy atom. The quantitative estimate of drug-likeness (QED) is 0.0474. The topological polar surface area (TPSA) is 272 Å². The van der Waals surface area contributed by atoms with Gasteiger partial charge < -0.3 is 71.1 Å². The maximum absolute atomic E-state index is 14.1. The number of epoxide rings is 5. The molecule has 0 spiro atoms. The van der Waals surface area contributed by atoms with Crippen LogP contribution < -0.4 is 17.1 Å². The van der Waals surface area contributed by atoms with E-state index < -0.39 is 90.1 Å². The Morgan fingerprint density at radius 1 is 0.444 bits per heavy atom. The standard InChI is InChI=1S/C48H75N3O21/c1-4-46(25-58-15-34-20-64-34,26-59-16-35-21-65-35)30-69-39(52)7-11-49-43(55)50(12-8-40(53)70-31-47(5-2,27-60-17-36-22-66-36)28-61-18-37-23-67-37)45(57)51(44(49)56)13-9-41(54)71-32-48(6-3,29-62-19-38-24-68-38)33-72-42-10-14-63-42/h34-38,42H,4-33H2,1-3H3. The summed E-state index contributed by atoms with van der Waals surface area (Å²) in [6.45, 7) is 11.0. The van der Waals surface area contributed by atoms with E-state index in [2.05, 4.69) is 0 Å². The lowest BCUT2D eigenvalue weighted by molar-refractivity contribution is -0.234. The molecule has 6 saturated heterocycles. The summed E-state index contributed by atoms with van der Waals surface area (Å²) in [6, 6.07) is 0. The molecule has 408 valence electrons. The van der Waals surface area contributed by atoms with Gasteiger partial charge in [0.05, 0.1) is 148 Å². The van der Waals surface area contributed by atoms with E-state index in [1.807, 2.05) is 20.8 Å². The first kappa shape index (κ1) is 56.1. The van der Waals surface area contributed by atoms with Crippen LogP contribution in [0.4, 0.5) is 0 Å². The van der Waals surface area contributed by atoms with Gasteiger partial charge in [0, 0.05) is 26.1 Å². The number of carbonyl (C=O) groups excluding carboxylic acids is 3. The molecule has 72 heavy (non-hydrogen) atoms. The van der Waals surface area contributed by atoms with Crippen molar-refractivity contribution in [2.24, 2.45) is 16.2 Å². The predicted octanol–water partition coefficient (Wildman–Crippen LogP) is 0.000800. The van der Waals surface area contributed by atoms with E-state index in [-0.39, 0.29) is 96.3 Å². The van der Waals surface area contributed by atoms with Crippen LogP contribution in [0.2, 0.25) is 0 Å². The molecule has 7 atom stereocenters. The van der Waals surface area contributed by atoms with Gasteiger partial charge in [-0.15, -0.1) is 0 Å². The van der Waals surface area contributed by atoms with Gasteiger partial charge in [0.15, 0.2) is 6.29 Å². The van der Waals surface area contributed by atoms with Crippen LogP contribution in [0.3, 0.4) is 0 Å². The fourth-order valence-electron chi connectivity index (χ4n) is 7.55. The molecule has 24 heteroatoms. The summed E-state index contributed by atoms with van der Waals surface area (Å²) in [5.74, 6) is -2.19. The summed E-state index contributed by atoms with van der Waals surface area (Å²) in [7, 11) is 0. The second-order valence-electron chi connectivity index (χ2n) is 19.8. The Labute approximate surface area is 418 Å². The van der Waals surface area contributed by atoms with E-state index in [0.29, 0.717) is 91.9 Å². The molecular weight excluding hydrogens is 955 g/mol. The lowest BCUT2D eigenvalue weighted by Crippen LogP contribution is -2.55. The molecule has 6 aliphatic heterocycles. The molecule has 7 rings (SSSR count). The summed E-state index contributed by atoms with van der Waals surface area (Å²) in [4.78, 5) is 82.4. The average molecular weight is 1030 g/mol. The zero-order valence-electron chi connectivity index (χ0n) is 42.1.